The molecule has 0 saturated heterocycles. The molecule has 0 radical (unpaired) electrons. The number of aliphatic carboxylic acids is 1. The Bertz CT molecular complexity index is 619. The first-order chi connectivity index (χ1) is 22.6. The molecule has 4 heteroatoms. The van der Waals surface area contributed by atoms with E-state index in [1.807, 2.05) is 0 Å². The Morgan fingerprint density at radius 1 is 0.391 bits per heavy atom. The number of hydrogen-bond donors (Lipinski definition) is 1. The van der Waals surface area contributed by atoms with Crippen molar-refractivity contribution >= 4 is 11.9 Å². The van der Waals surface area contributed by atoms with Gasteiger partial charge in [0.05, 0.1) is 0 Å². The maximum Gasteiger partial charge on any atom is 0.306 e. The van der Waals surface area contributed by atoms with Crippen LogP contribution in [0.3, 0.4) is 0 Å². The second-order valence-corrected chi connectivity index (χ2v) is 14.5. The highest BCUT2D eigenvalue weighted by Gasteiger charge is 2.14. The largest absolute Gasteiger partial charge is 0.481 e. The van der Waals surface area contributed by atoms with Crippen molar-refractivity contribution in [3.63, 3.8) is 0 Å². The van der Waals surface area contributed by atoms with E-state index in [0.29, 0.717) is 12.8 Å². The molecule has 0 spiro atoms. The molecule has 0 aliphatic heterocycles. The molecule has 0 aromatic carbocycles. The summed E-state index contributed by atoms with van der Waals surface area (Å²) in [5.41, 5.74) is 0. The van der Waals surface area contributed by atoms with Crippen molar-refractivity contribution in [1.29, 1.82) is 0 Å². The van der Waals surface area contributed by atoms with E-state index in [2.05, 4.69) is 13.8 Å². The highest BCUT2D eigenvalue weighted by molar-refractivity contribution is 5.69. The zero-order valence-corrected chi connectivity index (χ0v) is 31.4. The molecule has 0 aromatic rings. The second kappa shape index (κ2) is 38.4. The summed E-state index contributed by atoms with van der Waals surface area (Å²) in [5, 5.41) is 8.95. The lowest BCUT2D eigenvalue weighted by Gasteiger charge is -2.18. The van der Waals surface area contributed by atoms with E-state index in [1.54, 1.807) is 0 Å². The van der Waals surface area contributed by atoms with Crippen LogP contribution in [0.2, 0.25) is 0 Å². The first-order valence-corrected chi connectivity index (χ1v) is 21.0. The molecule has 0 aromatic heterocycles. The zero-order valence-electron chi connectivity index (χ0n) is 31.4. The molecule has 0 bridgehead atoms. The molecular weight excluding hydrogens is 568 g/mol. The smallest absolute Gasteiger partial charge is 0.306 e. The van der Waals surface area contributed by atoms with Gasteiger partial charge < -0.3 is 9.84 Å². The molecule has 0 rings (SSSR count). The van der Waals surface area contributed by atoms with E-state index >= 15 is 0 Å². The predicted octanol–water partition coefficient (Wildman–Crippen LogP) is 14.5. The predicted molar refractivity (Wildman–Crippen MR) is 200 cm³/mol. The van der Waals surface area contributed by atoms with Crippen LogP contribution in [-0.2, 0) is 14.3 Å². The molecule has 1 unspecified atom stereocenters. The number of carbonyl (C=O) groups excluding carboxylic acids is 1. The van der Waals surface area contributed by atoms with Gasteiger partial charge in [0.2, 0.25) is 0 Å². The SMILES string of the molecule is CCCCCCCCCCCCCCCCCCCCCC(=O)OC(CCCCCCCCCCCCCC)CCCCC(=O)O. The molecule has 1 N–H and O–H groups in total. The monoisotopic (exact) mass is 651 g/mol. The highest BCUT2D eigenvalue weighted by Crippen LogP contribution is 2.19. The van der Waals surface area contributed by atoms with Crippen LogP contribution in [-0.4, -0.2) is 23.1 Å². The second-order valence-electron chi connectivity index (χ2n) is 14.5. The van der Waals surface area contributed by atoms with Gasteiger partial charge in [0, 0.05) is 12.8 Å². The maximum absolute atomic E-state index is 12.6. The van der Waals surface area contributed by atoms with Crippen LogP contribution in [0, 0.1) is 0 Å². The quantitative estimate of drug-likeness (QED) is 0.0531. The van der Waals surface area contributed by atoms with E-state index in [9.17, 15) is 9.59 Å². The zero-order chi connectivity index (χ0) is 33.6. The van der Waals surface area contributed by atoms with E-state index in [4.69, 9.17) is 9.84 Å². The van der Waals surface area contributed by atoms with Gasteiger partial charge in [-0.15, -0.1) is 0 Å². The van der Waals surface area contributed by atoms with Crippen molar-refractivity contribution in [3.8, 4) is 0 Å². The number of ether oxygens (including phenoxy) is 1. The number of carboxylic acid groups (broad SMARTS) is 1. The molecule has 0 fully saturated rings. The minimum absolute atomic E-state index is 0.0373. The molecule has 0 heterocycles. The van der Waals surface area contributed by atoms with Gasteiger partial charge in [-0.2, -0.15) is 0 Å². The molecule has 4 nitrogen and oxygen atoms in total. The van der Waals surface area contributed by atoms with Crippen molar-refractivity contribution in [2.45, 2.75) is 258 Å². The Balaban J connectivity index is 3.75. The first kappa shape index (κ1) is 44.9. The minimum Gasteiger partial charge on any atom is -0.481 e. The number of rotatable bonds is 39. The van der Waals surface area contributed by atoms with Gasteiger partial charge in [0.1, 0.15) is 6.10 Å². The fourth-order valence-electron chi connectivity index (χ4n) is 6.72. The number of unbranched alkanes of at least 4 members (excludes halogenated alkanes) is 30. The third-order valence-corrected chi connectivity index (χ3v) is 9.83. The highest BCUT2D eigenvalue weighted by atomic mass is 16.5. The summed E-state index contributed by atoms with van der Waals surface area (Å²) >= 11 is 0. The van der Waals surface area contributed by atoms with Crippen LogP contribution < -0.4 is 0 Å². The maximum atomic E-state index is 12.6. The van der Waals surface area contributed by atoms with Gasteiger partial charge in [-0.05, 0) is 38.5 Å². The Labute approximate surface area is 288 Å². The minimum atomic E-state index is -0.737. The fourth-order valence-corrected chi connectivity index (χ4v) is 6.72. The topological polar surface area (TPSA) is 63.6 Å². The average molecular weight is 651 g/mol. The molecule has 0 aliphatic rings. The summed E-state index contributed by atoms with van der Waals surface area (Å²) in [6.07, 6.45) is 45.6. The summed E-state index contributed by atoms with van der Waals surface area (Å²) in [7, 11) is 0. The molecule has 0 amide bonds. The average Bonchev–Trinajstić information content (AvgIpc) is 3.04. The third-order valence-electron chi connectivity index (χ3n) is 9.83. The van der Waals surface area contributed by atoms with Gasteiger partial charge in [-0.1, -0.05) is 200 Å². The Hall–Kier alpha value is -1.06. The lowest BCUT2D eigenvalue weighted by molar-refractivity contribution is -0.150. The van der Waals surface area contributed by atoms with Crippen LogP contribution >= 0.6 is 0 Å². The standard InChI is InChI=1S/C42H82O4/c1-3-5-7-9-11-13-15-17-18-19-20-21-22-23-25-27-29-31-33-39-42(45)46-40(37-34-35-38-41(43)44)36-32-30-28-26-24-16-14-12-10-8-6-4-2/h40H,3-39H2,1-2H3,(H,43,44). The van der Waals surface area contributed by atoms with Gasteiger partial charge >= 0.3 is 11.9 Å². The van der Waals surface area contributed by atoms with Crippen molar-refractivity contribution in [3.05, 3.63) is 0 Å². The molecule has 0 aliphatic carbocycles. The van der Waals surface area contributed by atoms with Crippen LogP contribution in [0.4, 0.5) is 0 Å². The van der Waals surface area contributed by atoms with E-state index < -0.39 is 5.97 Å². The Kier molecular flexibility index (Phi) is 37.5. The molecule has 1 atom stereocenters. The summed E-state index contributed by atoms with van der Waals surface area (Å²) in [4.78, 5) is 23.5. The van der Waals surface area contributed by atoms with Gasteiger partial charge in [-0.25, -0.2) is 0 Å². The van der Waals surface area contributed by atoms with Crippen molar-refractivity contribution in [1.82, 2.24) is 0 Å². The van der Waals surface area contributed by atoms with Crippen LogP contribution in [0.15, 0.2) is 0 Å². The van der Waals surface area contributed by atoms with Crippen LogP contribution in [0.5, 0.6) is 0 Å². The van der Waals surface area contributed by atoms with E-state index in [-0.39, 0.29) is 18.5 Å². The number of carbonyl (C=O) groups is 2. The molecule has 46 heavy (non-hydrogen) atoms. The van der Waals surface area contributed by atoms with Crippen molar-refractivity contribution < 1.29 is 19.4 Å². The van der Waals surface area contributed by atoms with Gasteiger partial charge in [0.25, 0.3) is 0 Å². The lowest BCUT2D eigenvalue weighted by Crippen LogP contribution is -2.18. The number of carboxylic acids is 1. The summed E-state index contributed by atoms with van der Waals surface area (Å²) in [6.45, 7) is 4.56. The van der Waals surface area contributed by atoms with Crippen LogP contribution in [0.25, 0.3) is 0 Å². The number of esters is 1. The molecular formula is C42H82O4. The molecule has 0 saturated carbocycles. The Morgan fingerprint density at radius 3 is 0.978 bits per heavy atom. The van der Waals surface area contributed by atoms with E-state index in [0.717, 1.165) is 38.5 Å². The summed E-state index contributed by atoms with van der Waals surface area (Å²) in [6, 6.07) is 0. The van der Waals surface area contributed by atoms with Crippen molar-refractivity contribution in [2.24, 2.45) is 0 Å². The third kappa shape index (κ3) is 37.4. The summed E-state index contributed by atoms with van der Waals surface area (Å²) < 4.78 is 5.91. The van der Waals surface area contributed by atoms with Gasteiger partial charge in [0.15, 0.2) is 0 Å². The van der Waals surface area contributed by atoms with Gasteiger partial charge in [-0.3, -0.25) is 9.59 Å². The lowest BCUT2D eigenvalue weighted by atomic mass is 10.0. The molecule has 274 valence electrons. The van der Waals surface area contributed by atoms with Crippen molar-refractivity contribution in [2.75, 3.05) is 0 Å². The first-order valence-electron chi connectivity index (χ1n) is 21.0. The normalized spacial score (nSPS) is 12.0. The fraction of sp³-hybridized carbons (Fsp3) is 0.952. The number of hydrogen-bond acceptors (Lipinski definition) is 3. The Morgan fingerprint density at radius 2 is 0.652 bits per heavy atom. The van der Waals surface area contributed by atoms with E-state index in [1.165, 1.54) is 180 Å². The summed E-state index contributed by atoms with van der Waals surface area (Å²) in [5.74, 6) is -0.784. The van der Waals surface area contributed by atoms with Crippen LogP contribution in [0.1, 0.15) is 251 Å².